The van der Waals surface area contributed by atoms with Gasteiger partial charge in [0.2, 0.25) is 5.91 Å². The van der Waals surface area contributed by atoms with Crippen molar-refractivity contribution in [2.24, 2.45) is 0 Å². The van der Waals surface area contributed by atoms with E-state index in [1.54, 1.807) is 13.0 Å². The summed E-state index contributed by atoms with van der Waals surface area (Å²) in [5, 5.41) is 2.11. The lowest BCUT2D eigenvalue weighted by Gasteiger charge is -2.38. The molecule has 2 amide bonds. The third-order valence-corrected chi connectivity index (χ3v) is 4.19. The number of nitrogens with zero attached hydrogens (tertiary/aromatic N) is 2. The van der Waals surface area contributed by atoms with Gasteiger partial charge in [-0.05, 0) is 25.1 Å². The Hall–Kier alpha value is -2.29. The van der Waals surface area contributed by atoms with Crippen LogP contribution in [-0.4, -0.2) is 56.2 Å². The maximum atomic E-state index is 12.8. The third kappa shape index (κ3) is 4.85. The Balaban J connectivity index is 1.95. The quantitative estimate of drug-likeness (QED) is 0.896. The van der Waals surface area contributed by atoms with E-state index in [4.69, 9.17) is 0 Å². The van der Waals surface area contributed by atoms with Gasteiger partial charge >= 0.3 is 12.3 Å². The van der Waals surface area contributed by atoms with Crippen LogP contribution in [-0.2, 0) is 15.7 Å². The maximum absolute atomic E-state index is 12.8. The molecule has 9 heteroatoms. The molecule has 0 unspecified atom stereocenters. The number of anilines is 1. The largest absolute Gasteiger partial charge is 0.453 e. The number of rotatable bonds is 3. The van der Waals surface area contributed by atoms with Crippen LogP contribution in [0.15, 0.2) is 24.3 Å². The summed E-state index contributed by atoms with van der Waals surface area (Å²) in [6.07, 6.45) is -5.20. The number of hydrogen-bond acceptors (Lipinski definition) is 5. The third-order valence-electron chi connectivity index (χ3n) is 4.19. The summed E-state index contributed by atoms with van der Waals surface area (Å²) in [6.45, 7) is 3.62. The number of methoxy groups -OCH3 is 1. The van der Waals surface area contributed by atoms with Crippen LogP contribution in [0.5, 0.6) is 0 Å². The molecule has 138 valence electrons. The summed E-state index contributed by atoms with van der Waals surface area (Å²) in [5.41, 5.74) is -0.181. The number of alkyl halides is 3. The van der Waals surface area contributed by atoms with Gasteiger partial charge < -0.3 is 9.64 Å². The zero-order chi connectivity index (χ0) is 18.6. The molecule has 1 heterocycles. The number of imide groups is 1. The van der Waals surface area contributed by atoms with Gasteiger partial charge in [-0.1, -0.05) is 6.07 Å². The van der Waals surface area contributed by atoms with Crippen LogP contribution in [0.4, 0.5) is 23.7 Å². The molecule has 1 aromatic carbocycles. The van der Waals surface area contributed by atoms with Crippen molar-refractivity contribution in [2.75, 3.05) is 38.2 Å². The first-order chi connectivity index (χ1) is 11.7. The molecule has 1 aliphatic heterocycles. The Labute approximate surface area is 143 Å². The van der Waals surface area contributed by atoms with E-state index in [2.05, 4.69) is 10.1 Å². The van der Waals surface area contributed by atoms with Gasteiger partial charge in [0.25, 0.3) is 0 Å². The number of carbonyl (C=O) groups is 2. The number of ether oxygens (including phenoxy) is 1. The van der Waals surface area contributed by atoms with Crippen molar-refractivity contribution in [3.05, 3.63) is 29.8 Å². The average molecular weight is 359 g/mol. The first-order valence-corrected chi connectivity index (χ1v) is 7.77. The first kappa shape index (κ1) is 19.0. The zero-order valence-corrected chi connectivity index (χ0v) is 14.0. The maximum Gasteiger partial charge on any atom is 0.416 e. The summed E-state index contributed by atoms with van der Waals surface area (Å²) in [5.74, 6) is -0.473. The van der Waals surface area contributed by atoms with Crippen molar-refractivity contribution in [2.45, 2.75) is 19.1 Å². The SMILES string of the molecule is COC(=O)NC(=O)[C@H](C)N1CCN(c2cccc(C(F)(F)F)c2)CC1. The predicted octanol–water partition coefficient (Wildman–Crippen LogP) is 2.10. The van der Waals surface area contributed by atoms with Crippen LogP contribution in [0.3, 0.4) is 0 Å². The number of nitrogens with one attached hydrogen (secondary N) is 1. The van der Waals surface area contributed by atoms with E-state index in [0.29, 0.717) is 31.9 Å². The lowest BCUT2D eigenvalue weighted by atomic mass is 10.1. The van der Waals surface area contributed by atoms with Crippen LogP contribution in [0, 0.1) is 0 Å². The second kappa shape index (κ2) is 7.73. The van der Waals surface area contributed by atoms with Crippen LogP contribution >= 0.6 is 0 Å². The molecule has 0 radical (unpaired) electrons. The van der Waals surface area contributed by atoms with Crippen molar-refractivity contribution < 1.29 is 27.5 Å². The normalized spacial score (nSPS) is 17.1. The van der Waals surface area contributed by atoms with Crippen LogP contribution in [0.2, 0.25) is 0 Å². The Bertz CT molecular complexity index is 629. The fourth-order valence-corrected chi connectivity index (χ4v) is 2.67. The van der Waals surface area contributed by atoms with E-state index in [0.717, 1.165) is 12.1 Å². The minimum absolute atomic E-state index is 0.473. The zero-order valence-electron chi connectivity index (χ0n) is 14.0. The Morgan fingerprint density at radius 2 is 1.84 bits per heavy atom. The van der Waals surface area contributed by atoms with E-state index in [1.807, 2.05) is 9.80 Å². The Morgan fingerprint density at radius 1 is 1.20 bits per heavy atom. The number of piperazine rings is 1. The van der Waals surface area contributed by atoms with Crippen molar-refractivity contribution in [1.82, 2.24) is 10.2 Å². The summed E-state index contributed by atoms with van der Waals surface area (Å²) in [6, 6.07) is 4.65. The van der Waals surface area contributed by atoms with E-state index in [9.17, 15) is 22.8 Å². The van der Waals surface area contributed by atoms with Gasteiger partial charge in [0.15, 0.2) is 0 Å². The van der Waals surface area contributed by atoms with E-state index >= 15 is 0 Å². The lowest BCUT2D eigenvalue weighted by molar-refractivity contribution is -0.137. The summed E-state index contributed by atoms with van der Waals surface area (Å²) in [7, 11) is 1.17. The molecule has 1 aliphatic rings. The second-order valence-corrected chi connectivity index (χ2v) is 5.73. The fourth-order valence-electron chi connectivity index (χ4n) is 2.67. The smallest absolute Gasteiger partial charge is 0.416 e. The van der Waals surface area contributed by atoms with Crippen LogP contribution in [0.1, 0.15) is 12.5 Å². The molecule has 0 saturated carbocycles. The second-order valence-electron chi connectivity index (χ2n) is 5.73. The number of amides is 2. The molecular formula is C16H20F3N3O3. The average Bonchev–Trinajstić information content (AvgIpc) is 2.60. The number of halogens is 3. The van der Waals surface area contributed by atoms with Gasteiger partial charge in [0.1, 0.15) is 0 Å². The summed E-state index contributed by atoms with van der Waals surface area (Å²) < 4.78 is 42.8. The van der Waals surface area contributed by atoms with Gasteiger partial charge in [0, 0.05) is 31.9 Å². The van der Waals surface area contributed by atoms with Crippen LogP contribution < -0.4 is 10.2 Å². The fraction of sp³-hybridized carbons (Fsp3) is 0.500. The number of benzene rings is 1. The van der Waals surface area contributed by atoms with Crippen LogP contribution in [0.25, 0.3) is 0 Å². The van der Waals surface area contributed by atoms with E-state index in [-0.39, 0.29) is 0 Å². The summed E-state index contributed by atoms with van der Waals surface area (Å²) in [4.78, 5) is 26.7. The highest BCUT2D eigenvalue weighted by Gasteiger charge is 2.31. The number of alkyl carbamates (subject to hydrolysis) is 1. The molecule has 1 N–H and O–H groups in total. The molecule has 0 aromatic heterocycles. The molecule has 1 saturated heterocycles. The highest BCUT2D eigenvalue weighted by atomic mass is 19.4. The molecule has 0 spiro atoms. The van der Waals surface area contributed by atoms with Crippen molar-refractivity contribution in [3.63, 3.8) is 0 Å². The summed E-state index contributed by atoms with van der Waals surface area (Å²) >= 11 is 0. The molecule has 0 aliphatic carbocycles. The molecule has 6 nitrogen and oxygen atoms in total. The van der Waals surface area contributed by atoms with E-state index < -0.39 is 29.8 Å². The number of hydrogen-bond donors (Lipinski definition) is 1. The van der Waals surface area contributed by atoms with Crippen molar-refractivity contribution >= 4 is 17.7 Å². The lowest BCUT2D eigenvalue weighted by Crippen LogP contribution is -2.54. The predicted molar refractivity (Wildman–Crippen MR) is 85.2 cm³/mol. The topological polar surface area (TPSA) is 61.9 Å². The minimum atomic E-state index is -4.38. The Morgan fingerprint density at radius 3 is 2.40 bits per heavy atom. The molecule has 25 heavy (non-hydrogen) atoms. The number of carbonyl (C=O) groups excluding carboxylic acids is 2. The van der Waals surface area contributed by atoms with Gasteiger partial charge in [0.05, 0.1) is 18.7 Å². The standard InChI is InChI=1S/C16H20F3N3O3/c1-11(14(23)20-15(24)25-2)21-6-8-22(9-7-21)13-5-3-4-12(10-13)16(17,18)19/h3-5,10-11H,6-9H2,1-2H3,(H,20,23,24)/t11-/m0/s1. The Kier molecular flexibility index (Phi) is 5.89. The molecular weight excluding hydrogens is 339 g/mol. The van der Waals surface area contributed by atoms with Crippen molar-refractivity contribution in [1.29, 1.82) is 0 Å². The van der Waals surface area contributed by atoms with Gasteiger partial charge in [-0.3, -0.25) is 15.0 Å². The first-order valence-electron chi connectivity index (χ1n) is 7.77. The molecule has 1 aromatic rings. The minimum Gasteiger partial charge on any atom is -0.453 e. The molecule has 0 bridgehead atoms. The van der Waals surface area contributed by atoms with E-state index in [1.165, 1.54) is 13.2 Å². The molecule has 2 rings (SSSR count). The monoisotopic (exact) mass is 359 g/mol. The highest BCUT2D eigenvalue weighted by molar-refractivity contribution is 5.94. The van der Waals surface area contributed by atoms with Gasteiger partial charge in [-0.25, -0.2) is 4.79 Å². The van der Waals surface area contributed by atoms with Gasteiger partial charge in [-0.2, -0.15) is 13.2 Å². The van der Waals surface area contributed by atoms with Gasteiger partial charge in [-0.15, -0.1) is 0 Å². The highest BCUT2D eigenvalue weighted by Crippen LogP contribution is 2.31. The molecule has 1 atom stereocenters. The molecule has 1 fully saturated rings. The van der Waals surface area contributed by atoms with Crippen molar-refractivity contribution in [3.8, 4) is 0 Å².